The summed E-state index contributed by atoms with van der Waals surface area (Å²) in [7, 11) is 0. The van der Waals surface area contributed by atoms with Crippen LogP contribution in [0.3, 0.4) is 0 Å². The van der Waals surface area contributed by atoms with E-state index < -0.39 is 0 Å². The number of fused-ring (bicyclic) bond motifs is 1. The highest BCUT2D eigenvalue weighted by molar-refractivity contribution is 5.82. The van der Waals surface area contributed by atoms with Crippen molar-refractivity contribution in [2.45, 2.75) is 37.6 Å². The van der Waals surface area contributed by atoms with E-state index in [1.54, 1.807) is 12.3 Å². The zero-order valence-corrected chi connectivity index (χ0v) is 13.8. The highest BCUT2D eigenvalue weighted by Gasteiger charge is 2.28. The molecule has 1 aliphatic carbocycles. The summed E-state index contributed by atoms with van der Waals surface area (Å²) >= 11 is 0. The number of H-pyrrole nitrogens is 1. The predicted octanol–water partition coefficient (Wildman–Crippen LogP) is 3.70. The Morgan fingerprint density at radius 3 is 3.00 bits per heavy atom. The normalized spacial score (nSPS) is 20.0. The first-order valence-electron chi connectivity index (χ1n) is 8.65. The van der Waals surface area contributed by atoms with E-state index in [4.69, 9.17) is 0 Å². The van der Waals surface area contributed by atoms with Gasteiger partial charge in [0.2, 0.25) is 5.91 Å². The summed E-state index contributed by atoms with van der Waals surface area (Å²) in [4.78, 5) is 12.3. The fourth-order valence-electron chi connectivity index (χ4n) is 3.76. The highest BCUT2D eigenvalue weighted by atomic mass is 19.1. The lowest BCUT2D eigenvalue weighted by Crippen LogP contribution is -2.34. The van der Waals surface area contributed by atoms with E-state index >= 15 is 0 Å². The van der Waals surface area contributed by atoms with Gasteiger partial charge >= 0.3 is 0 Å². The molecule has 1 aliphatic rings. The maximum Gasteiger partial charge on any atom is 0.224 e. The van der Waals surface area contributed by atoms with E-state index in [1.165, 1.54) is 6.07 Å². The number of hydrogen-bond acceptors (Lipinski definition) is 2. The van der Waals surface area contributed by atoms with Crippen molar-refractivity contribution >= 4 is 16.8 Å². The van der Waals surface area contributed by atoms with Gasteiger partial charge in [0.15, 0.2) is 0 Å². The fourth-order valence-corrected chi connectivity index (χ4v) is 3.76. The Kier molecular flexibility index (Phi) is 4.22. The summed E-state index contributed by atoms with van der Waals surface area (Å²) in [6, 6.07) is 12.9. The Morgan fingerprint density at radius 2 is 2.12 bits per heavy atom. The van der Waals surface area contributed by atoms with Crippen molar-refractivity contribution in [1.82, 2.24) is 15.5 Å². The summed E-state index contributed by atoms with van der Waals surface area (Å²) in [5.41, 5.74) is 2.66. The van der Waals surface area contributed by atoms with Gasteiger partial charge in [-0.15, -0.1) is 0 Å². The molecule has 4 rings (SSSR count). The van der Waals surface area contributed by atoms with Crippen LogP contribution in [0.1, 0.15) is 36.3 Å². The van der Waals surface area contributed by atoms with Gasteiger partial charge in [0, 0.05) is 11.4 Å². The van der Waals surface area contributed by atoms with Crippen LogP contribution < -0.4 is 5.32 Å². The zero-order chi connectivity index (χ0) is 17.2. The largest absolute Gasteiger partial charge is 0.353 e. The SMILES string of the molecule is O=C(Cc1ccc2cn[nH]c2c1)NC1CCC(c2ccccc2F)C1. The van der Waals surface area contributed by atoms with E-state index in [0.717, 1.165) is 41.3 Å². The first-order chi connectivity index (χ1) is 12.2. The molecule has 1 amide bonds. The Balaban J connectivity index is 1.36. The van der Waals surface area contributed by atoms with Crippen molar-refractivity contribution in [2.24, 2.45) is 0 Å². The number of carbonyl (C=O) groups excluding carboxylic acids is 1. The lowest BCUT2D eigenvalue weighted by Gasteiger charge is -2.14. The Morgan fingerprint density at radius 1 is 1.24 bits per heavy atom. The lowest BCUT2D eigenvalue weighted by atomic mass is 9.97. The van der Waals surface area contributed by atoms with Crippen LogP contribution in [-0.4, -0.2) is 22.1 Å². The van der Waals surface area contributed by atoms with Crippen molar-refractivity contribution in [1.29, 1.82) is 0 Å². The minimum Gasteiger partial charge on any atom is -0.353 e. The van der Waals surface area contributed by atoms with Gasteiger partial charge in [-0.1, -0.05) is 30.3 Å². The van der Waals surface area contributed by atoms with Crippen LogP contribution >= 0.6 is 0 Å². The molecule has 5 heteroatoms. The number of aromatic amines is 1. The fraction of sp³-hybridized carbons (Fsp3) is 0.300. The monoisotopic (exact) mass is 337 g/mol. The van der Waals surface area contributed by atoms with Crippen molar-refractivity contribution in [3.63, 3.8) is 0 Å². The van der Waals surface area contributed by atoms with Gasteiger partial charge in [-0.25, -0.2) is 4.39 Å². The third kappa shape index (κ3) is 3.40. The maximum atomic E-state index is 13.9. The van der Waals surface area contributed by atoms with Crippen molar-refractivity contribution in [3.05, 3.63) is 65.6 Å². The van der Waals surface area contributed by atoms with Crippen LogP contribution in [0.4, 0.5) is 4.39 Å². The minimum absolute atomic E-state index is 0.0121. The first-order valence-corrected chi connectivity index (χ1v) is 8.65. The van der Waals surface area contributed by atoms with Crippen LogP contribution in [0, 0.1) is 5.82 Å². The van der Waals surface area contributed by atoms with Crippen LogP contribution in [0.15, 0.2) is 48.7 Å². The third-order valence-electron chi connectivity index (χ3n) is 5.01. The second-order valence-electron chi connectivity index (χ2n) is 6.76. The van der Waals surface area contributed by atoms with Gasteiger partial charge in [-0.05, 0) is 48.4 Å². The molecule has 2 N–H and O–H groups in total. The molecule has 0 saturated heterocycles. The van der Waals surface area contributed by atoms with E-state index in [-0.39, 0.29) is 23.7 Å². The summed E-state index contributed by atoms with van der Waals surface area (Å²) < 4.78 is 13.9. The van der Waals surface area contributed by atoms with Crippen LogP contribution in [0.5, 0.6) is 0 Å². The van der Waals surface area contributed by atoms with Gasteiger partial charge < -0.3 is 5.32 Å². The molecule has 2 unspecified atom stereocenters. The second kappa shape index (κ2) is 6.67. The number of benzene rings is 2. The van der Waals surface area contributed by atoms with Crippen molar-refractivity contribution < 1.29 is 9.18 Å². The Hall–Kier alpha value is -2.69. The third-order valence-corrected chi connectivity index (χ3v) is 5.01. The van der Waals surface area contributed by atoms with Gasteiger partial charge in [0.25, 0.3) is 0 Å². The van der Waals surface area contributed by atoms with E-state index in [0.29, 0.717) is 6.42 Å². The summed E-state index contributed by atoms with van der Waals surface area (Å²) in [5.74, 6) is 0.0539. The van der Waals surface area contributed by atoms with Crippen LogP contribution in [-0.2, 0) is 11.2 Å². The number of amides is 1. The zero-order valence-electron chi connectivity index (χ0n) is 13.8. The van der Waals surface area contributed by atoms with E-state index in [2.05, 4.69) is 15.5 Å². The number of rotatable bonds is 4. The molecule has 1 heterocycles. The van der Waals surface area contributed by atoms with Gasteiger partial charge in [0.05, 0.1) is 18.1 Å². The van der Waals surface area contributed by atoms with Crippen molar-refractivity contribution in [3.8, 4) is 0 Å². The Bertz CT molecular complexity index is 905. The van der Waals surface area contributed by atoms with Crippen LogP contribution in [0.25, 0.3) is 10.9 Å². The Labute approximate surface area is 145 Å². The number of aromatic nitrogens is 2. The molecular weight excluding hydrogens is 317 g/mol. The van der Waals surface area contributed by atoms with Crippen molar-refractivity contribution in [2.75, 3.05) is 0 Å². The molecule has 4 nitrogen and oxygen atoms in total. The average molecular weight is 337 g/mol. The summed E-state index contributed by atoms with van der Waals surface area (Å²) in [5, 5.41) is 11.0. The molecule has 0 aliphatic heterocycles. The number of halogens is 1. The molecule has 2 atom stereocenters. The molecule has 128 valence electrons. The predicted molar refractivity (Wildman–Crippen MR) is 94.7 cm³/mol. The van der Waals surface area contributed by atoms with Gasteiger partial charge in [0.1, 0.15) is 5.82 Å². The van der Waals surface area contributed by atoms with E-state index in [9.17, 15) is 9.18 Å². The topological polar surface area (TPSA) is 57.8 Å². The molecule has 1 aromatic heterocycles. The van der Waals surface area contributed by atoms with Crippen LogP contribution in [0.2, 0.25) is 0 Å². The molecular formula is C20H20FN3O. The quantitative estimate of drug-likeness (QED) is 0.763. The smallest absolute Gasteiger partial charge is 0.224 e. The highest BCUT2D eigenvalue weighted by Crippen LogP contribution is 2.35. The molecule has 0 radical (unpaired) electrons. The van der Waals surface area contributed by atoms with Gasteiger partial charge in [-0.3, -0.25) is 9.89 Å². The molecule has 2 aromatic carbocycles. The molecule has 1 fully saturated rings. The minimum atomic E-state index is -0.146. The first kappa shape index (κ1) is 15.8. The molecule has 1 saturated carbocycles. The van der Waals surface area contributed by atoms with Gasteiger partial charge in [-0.2, -0.15) is 5.10 Å². The molecule has 0 bridgehead atoms. The second-order valence-corrected chi connectivity index (χ2v) is 6.76. The number of carbonyl (C=O) groups is 1. The summed E-state index contributed by atoms with van der Waals surface area (Å²) in [6.45, 7) is 0. The molecule has 0 spiro atoms. The number of hydrogen-bond donors (Lipinski definition) is 2. The molecule has 3 aromatic rings. The lowest BCUT2D eigenvalue weighted by molar-refractivity contribution is -0.121. The summed E-state index contributed by atoms with van der Waals surface area (Å²) in [6.07, 6.45) is 4.71. The number of nitrogens with zero attached hydrogens (tertiary/aromatic N) is 1. The standard InChI is InChI=1S/C20H20FN3O/c21-18-4-2-1-3-17(18)14-7-8-16(11-14)23-20(25)10-13-5-6-15-12-22-24-19(15)9-13/h1-6,9,12,14,16H,7-8,10-11H2,(H,22,24)(H,23,25). The molecule has 25 heavy (non-hydrogen) atoms. The number of nitrogens with one attached hydrogen (secondary N) is 2. The maximum absolute atomic E-state index is 13.9. The average Bonchev–Trinajstić information content (AvgIpc) is 3.24. The van der Waals surface area contributed by atoms with E-state index in [1.807, 2.05) is 30.3 Å².